The third-order valence-electron chi connectivity index (χ3n) is 3.01. The zero-order chi connectivity index (χ0) is 16.1. The van der Waals surface area contributed by atoms with Crippen molar-refractivity contribution in [2.24, 2.45) is 0 Å². The number of carbonyl (C=O) groups is 2. The number of hydrogen-bond acceptors (Lipinski definition) is 5. The lowest BCUT2D eigenvalue weighted by Gasteiger charge is -2.15. The van der Waals surface area contributed by atoms with Crippen molar-refractivity contribution in [2.45, 2.75) is 13.0 Å². The second-order valence-corrected chi connectivity index (χ2v) is 4.84. The minimum Gasteiger partial charge on any atom is -0.464 e. The van der Waals surface area contributed by atoms with Crippen molar-refractivity contribution in [2.75, 3.05) is 13.2 Å². The summed E-state index contributed by atoms with van der Waals surface area (Å²) >= 11 is 6.22. The van der Waals surface area contributed by atoms with Gasteiger partial charge in [-0.25, -0.2) is 4.79 Å². The molecule has 0 aliphatic heterocycles. The number of halogens is 1. The number of carbonyl (C=O) groups excluding carboxylic acids is 2. The molecule has 1 aromatic heterocycles. The van der Waals surface area contributed by atoms with Crippen molar-refractivity contribution in [1.82, 2.24) is 10.3 Å². The predicted octanol–water partition coefficient (Wildman–Crippen LogP) is 1.54. The molecule has 2 rings (SSSR count). The first-order chi connectivity index (χ1) is 10.6. The number of esters is 1. The van der Waals surface area contributed by atoms with Crippen LogP contribution in [0.3, 0.4) is 0 Å². The molecule has 0 unspecified atom stereocenters. The lowest BCUT2D eigenvalue weighted by molar-refractivity contribution is -0.146. The first-order valence-electron chi connectivity index (χ1n) is 6.70. The molecule has 0 fully saturated rings. The summed E-state index contributed by atoms with van der Waals surface area (Å²) in [7, 11) is 0. The van der Waals surface area contributed by atoms with Crippen molar-refractivity contribution in [3.63, 3.8) is 0 Å². The SMILES string of the molecule is CCOC(=O)[C@H](CO)NC(=O)c1cnc2ccccc2c1Cl. The van der Waals surface area contributed by atoms with Gasteiger partial charge in [-0.1, -0.05) is 29.8 Å². The van der Waals surface area contributed by atoms with Crippen LogP contribution in [-0.2, 0) is 9.53 Å². The Balaban J connectivity index is 2.26. The average Bonchev–Trinajstić information content (AvgIpc) is 2.53. The minimum atomic E-state index is -1.14. The van der Waals surface area contributed by atoms with Gasteiger partial charge in [0, 0.05) is 11.6 Å². The van der Waals surface area contributed by atoms with Crippen LogP contribution < -0.4 is 5.32 Å². The first-order valence-corrected chi connectivity index (χ1v) is 7.07. The van der Waals surface area contributed by atoms with Gasteiger partial charge in [-0.15, -0.1) is 0 Å². The fourth-order valence-corrected chi connectivity index (χ4v) is 2.22. The number of aliphatic hydroxyl groups is 1. The van der Waals surface area contributed by atoms with Gasteiger partial charge in [-0.2, -0.15) is 0 Å². The number of fused-ring (bicyclic) bond motifs is 1. The number of amides is 1. The molecule has 0 spiro atoms. The van der Waals surface area contributed by atoms with Gasteiger partial charge in [0.1, 0.15) is 0 Å². The smallest absolute Gasteiger partial charge is 0.331 e. The summed E-state index contributed by atoms with van der Waals surface area (Å²) < 4.78 is 4.77. The van der Waals surface area contributed by atoms with Crippen molar-refractivity contribution in [1.29, 1.82) is 0 Å². The van der Waals surface area contributed by atoms with Crippen molar-refractivity contribution in [3.05, 3.63) is 41.0 Å². The number of nitrogens with one attached hydrogen (secondary N) is 1. The van der Waals surface area contributed by atoms with E-state index in [-0.39, 0.29) is 17.2 Å². The van der Waals surface area contributed by atoms with E-state index < -0.39 is 24.5 Å². The number of rotatable bonds is 5. The summed E-state index contributed by atoms with van der Waals surface area (Å²) in [5.74, 6) is -1.31. The van der Waals surface area contributed by atoms with E-state index in [9.17, 15) is 14.7 Å². The number of benzene rings is 1. The number of aromatic nitrogens is 1. The van der Waals surface area contributed by atoms with E-state index in [0.29, 0.717) is 10.9 Å². The van der Waals surface area contributed by atoms with Crippen LogP contribution in [0, 0.1) is 0 Å². The molecule has 1 heterocycles. The molecule has 1 aromatic carbocycles. The van der Waals surface area contributed by atoms with E-state index in [1.165, 1.54) is 6.20 Å². The molecule has 0 saturated heterocycles. The fourth-order valence-electron chi connectivity index (χ4n) is 1.92. The van der Waals surface area contributed by atoms with E-state index in [1.54, 1.807) is 25.1 Å². The summed E-state index contributed by atoms with van der Waals surface area (Å²) in [6.07, 6.45) is 1.33. The van der Waals surface area contributed by atoms with E-state index in [1.807, 2.05) is 6.07 Å². The van der Waals surface area contributed by atoms with Crippen LogP contribution in [0.2, 0.25) is 5.02 Å². The number of pyridine rings is 1. The Kier molecular flexibility index (Phi) is 5.30. The third kappa shape index (κ3) is 3.35. The predicted molar refractivity (Wildman–Crippen MR) is 81.7 cm³/mol. The molecule has 6 nitrogen and oxygen atoms in total. The average molecular weight is 323 g/mol. The molecule has 0 bridgehead atoms. The molecule has 116 valence electrons. The summed E-state index contributed by atoms with van der Waals surface area (Å²) in [5.41, 5.74) is 0.788. The summed E-state index contributed by atoms with van der Waals surface area (Å²) in [6, 6.07) is 5.98. The Morgan fingerprint density at radius 2 is 2.14 bits per heavy atom. The van der Waals surface area contributed by atoms with Crippen LogP contribution in [0.5, 0.6) is 0 Å². The van der Waals surface area contributed by atoms with E-state index >= 15 is 0 Å². The molecule has 2 N–H and O–H groups in total. The maximum Gasteiger partial charge on any atom is 0.331 e. The maximum atomic E-state index is 12.2. The number of ether oxygens (including phenoxy) is 1. The van der Waals surface area contributed by atoms with Crippen LogP contribution in [0.15, 0.2) is 30.5 Å². The summed E-state index contributed by atoms with van der Waals surface area (Å²) in [5, 5.41) is 12.5. The van der Waals surface area contributed by atoms with Gasteiger partial charge in [-0.05, 0) is 13.0 Å². The zero-order valence-corrected chi connectivity index (χ0v) is 12.6. The molecule has 0 radical (unpaired) electrons. The molecule has 0 aliphatic rings. The fraction of sp³-hybridized carbons (Fsp3) is 0.267. The highest BCUT2D eigenvalue weighted by Crippen LogP contribution is 2.25. The van der Waals surface area contributed by atoms with Gasteiger partial charge in [-0.3, -0.25) is 9.78 Å². The standard InChI is InChI=1S/C15H15ClN2O4/c1-2-22-15(21)12(8-19)18-14(20)10-7-17-11-6-4-3-5-9(11)13(10)16/h3-7,12,19H,2,8H2,1H3,(H,18,20)/t12-/m0/s1. The lowest BCUT2D eigenvalue weighted by Crippen LogP contribution is -2.44. The summed E-state index contributed by atoms with van der Waals surface area (Å²) in [6.45, 7) is 1.23. The molecule has 1 amide bonds. The quantitative estimate of drug-likeness (QED) is 0.815. The van der Waals surface area contributed by atoms with E-state index in [2.05, 4.69) is 10.3 Å². The topological polar surface area (TPSA) is 88.5 Å². The van der Waals surface area contributed by atoms with Gasteiger partial charge < -0.3 is 15.2 Å². The third-order valence-corrected chi connectivity index (χ3v) is 3.42. The molecule has 0 aliphatic carbocycles. The second-order valence-electron chi connectivity index (χ2n) is 4.46. The largest absolute Gasteiger partial charge is 0.464 e. The van der Waals surface area contributed by atoms with Crippen LogP contribution in [0.25, 0.3) is 10.9 Å². The van der Waals surface area contributed by atoms with Crippen molar-refractivity contribution >= 4 is 34.4 Å². The Labute approximate surface area is 132 Å². The maximum absolute atomic E-state index is 12.2. The van der Waals surface area contributed by atoms with Gasteiger partial charge in [0.2, 0.25) is 0 Å². The monoisotopic (exact) mass is 322 g/mol. The van der Waals surface area contributed by atoms with Crippen LogP contribution >= 0.6 is 11.6 Å². The molecular weight excluding hydrogens is 308 g/mol. The number of hydrogen-bond donors (Lipinski definition) is 2. The Hall–Kier alpha value is -2.18. The number of aliphatic hydroxyl groups excluding tert-OH is 1. The minimum absolute atomic E-state index is 0.128. The van der Waals surface area contributed by atoms with E-state index in [0.717, 1.165) is 0 Å². The highest BCUT2D eigenvalue weighted by atomic mass is 35.5. The molecule has 1 atom stereocenters. The molecular formula is C15H15ClN2O4. The molecule has 0 saturated carbocycles. The highest BCUT2D eigenvalue weighted by Gasteiger charge is 2.23. The van der Waals surface area contributed by atoms with E-state index in [4.69, 9.17) is 16.3 Å². The molecule has 22 heavy (non-hydrogen) atoms. The normalized spacial score (nSPS) is 12.0. The van der Waals surface area contributed by atoms with Gasteiger partial charge >= 0.3 is 5.97 Å². The molecule has 2 aromatic rings. The van der Waals surface area contributed by atoms with Crippen LogP contribution in [0.4, 0.5) is 0 Å². The van der Waals surface area contributed by atoms with Crippen molar-refractivity contribution in [3.8, 4) is 0 Å². The van der Waals surface area contributed by atoms with Gasteiger partial charge in [0.15, 0.2) is 6.04 Å². The Bertz CT molecular complexity index is 705. The van der Waals surface area contributed by atoms with Crippen molar-refractivity contribution < 1.29 is 19.4 Å². The Morgan fingerprint density at radius 1 is 1.41 bits per heavy atom. The molecule has 7 heteroatoms. The second kappa shape index (κ2) is 7.20. The number of para-hydroxylation sites is 1. The highest BCUT2D eigenvalue weighted by molar-refractivity contribution is 6.38. The van der Waals surface area contributed by atoms with Crippen LogP contribution in [-0.4, -0.2) is 41.2 Å². The van der Waals surface area contributed by atoms with Gasteiger partial charge in [0.25, 0.3) is 5.91 Å². The number of nitrogens with zero attached hydrogens (tertiary/aromatic N) is 1. The van der Waals surface area contributed by atoms with Gasteiger partial charge in [0.05, 0.1) is 29.3 Å². The Morgan fingerprint density at radius 3 is 2.82 bits per heavy atom. The van der Waals surface area contributed by atoms with Crippen LogP contribution in [0.1, 0.15) is 17.3 Å². The first kappa shape index (κ1) is 16.2. The lowest BCUT2D eigenvalue weighted by atomic mass is 10.1. The summed E-state index contributed by atoms with van der Waals surface area (Å²) in [4.78, 5) is 28.0. The zero-order valence-electron chi connectivity index (χ0n) is 11.9.